The van der Waals surface area contributed by atoms with Crippen molar-refractivity contribution in [3.8, 4) is 0 Å². The fraction of sp³-hybridized carbons (Fsp3) is 0.833. The largest absolute Gasteiger partial charge is 0.468 e. The Kier molecular flexibility index (Phi) is 2.24. The number of aliphatic hydroxyl groups excluding tert-OH is 1. The van der Waals surface area contributed by atoms with Crippen LogP contribution in [-0.4, -0.2) is 36.9 Å². The van der Waals surface area contributed by atoms with Crippen LogP contribution in [0.25, 0.3) is 0 Å². The van der Waals surface area contributed by atoms with Gasteiger partial charge < -0.3 is 15.2 Å². The summed E-state index contributed by atoms with van der Waals surface area (Å²) in [4.78, 5) is 10.8. The van der Waals surface area contributed by atoms with Crippen molar-refractivity contribution in [3.05, 3.63) is 0 Å². The van der Waals surface area contributed by atoms with E-state index in [0.29, 0.717) is 13.0 Å². The second-order valence-corrected chi connectivity index (χ2v) is 2.31. The number of rotatable bonds is 1. The summed E-state index contributed by atoms with van der Waals surface area (Å²) >= 11 is 0. The second kappa shape index (κ2) is 2.98. The molecule has 0 saturated carbocycles. The molecule has 10 heavy (non-hydrogen) atoms. The number of methoxy groups -OCH3 is 1. The molecule has 2 atom stereocenters. The lowest BCUT2D eigenvalue weighted by Crippen LogP contribution is -2.39. The van der Waals surface area contributed by atoms with Crippen molar-refractivity contribution in [3.63, 3.8) is 0 Å². The minimum Gasteiger partial charge on any atom is -0.468 e. The van der Waals surface area contributed by atoms with Crippen LogP contribution in [0.2, 0.25) is 0 Å². The van der Waals surface area contributed by atoms with Gasteiger partial charge in [0, 0.05) is 0 Å². The summed E-state index contributed by atoms with van der Waals surface area (Å²) in [5.74, 6) is -0.384. The normalized spacial score (nSPS) is 32.2. The van der Waals surface area contributed by atoms with Crippen LogP contribution in [-0.2, 0) is 9.53 Å². The maximum Gasteiger partial charge on any atom is 0.325 e. The molecule has 0 aromatic heterocycles. The quantitative estimate of drug-likeness (QED) is 0.459. The Morgan fingerprint density at radius 3 is 2.90 bits per heavy atom. The molecule has 0 amide bonds. The molecular weight excluding hydrogens is 134 g/mol. The summed E-state index contributed by atoms with van der Waals surface area (Å²) in [6, 6.07) is -0.509. The third-order valence-corrected chi connectivity index (χ3v) is 1.64. The van der Waals surface area contributed by atoms with E-state index >= 15 is 0 Å². The van der Waals surface area contributed by atoms with Gasteiger partial charge in [0.1, 0.15) is 6.04 Å². The summed E-state index contributed by atoms with van der Waals surface area (Å²) in [7, 11) is 1.31. The molecule has 0 aromatic carbocycles. The zero-order valence-corrected chi connectivity index (χ0v) is 5.83. The predicted octanol–water partition coefficient (Wildman–Crippen LogP) is -1.12. The summed E-state index contributed by atoms with van der Waals surface area (Å²) < 4.78 is 4.44. The van der Waals surface area contributed by atoms with Gasteiger partial charge in [-0.1, -0.05) is 0 Å². The maximum absolute atomic E-state index is 10.8. The standard InChI is InChI=1S/C6H11NO3/c1-10-6(9)5-4(8)2-3-7-5/h4-5,7-8H,2-3H2,1H3/t4?,5-/m0/s1. The van der Waals surface area contributed by atoms with Crippen LogP contribution in [0.5, 0.6) is 0 Å². The van der Waals surface area contributed by atoms with Crippen molar-refractivity contribution in [1.29, 1.82) is 0 Å². The Hall–Kier alpha value is -0.610. The van der Waals surface area contributed by atoms with E-state index in [-0.39, 0.29) is 5.97 Å². The number of hydrogen-bond acceptors (Lipinski definition) is 4. The van der Waals surface area contributed by atoms with Gasteiger partial charge in [0.25, 0.3) is 0 Å². The zero-order chi connectivity index (χ0) is 7.56. The lowest BCUT2D eigenvalue weighted by Gasteiger charge is -2.10. The first kappa shape index (κ1) is 7.50. The van der Waals surface area contributed by atoms with Gasteiger partial charge in [0.15, 0.2) is 0 Å². The summed E-state index contributed by atoms with van der Waals surface area (Å²) in [6.45, 7) is 0.681. The van der Waals surface area contributed by atoms with Gasteiger partial charge >= 0.3 is 5.97 Å². The van der Waals surface area contributed by atoms with Crippen LogP contribution >= 0.6 is 0 Å². The number of esters is 1. The first-order valence-corrected chi connectivity index (χ1v) is 3.25. The SMILES string of the molecule is COC(=O)[C@H]1NCCC1O. The molecule has 0 aliphatic carbocycles. The monoisotopic (exact) mass is 145 g/mol. The zero-order valence-electron chi connectivity index (χ0n) is 5.83. The third kappa shape index (κ3) is 1.27. The Bertz CT molecular complexity index is 137. The molecule has 0 aromatic rings. The molecule has 0 spiro atoms. The van der Waals surface area contributed by atoms with Crippen LogP contribution in [0.3, 0.4) is 0 Å². The first-order valence-electron chi connectivity index (χ1n) is 3.25. The fourth-order valence-corrected chi connectivity index (χ4v) is 1.06. The van der Waals surface area contributed by atoms with Crippen molar-refractivity contribution in [1.82, 2.24) is 5.32 Å². The molecule has 1 aliphatic heterocycles. The minimum atomic E-state index is -0.576. The summed E-state index contributed by atoms with van der Waals surface area (Å²) in [6.07, 6.45) is 0.0483. The molecule has 0 radical (unpaired) electrons. The molecule has 4 heteroatoms. The van der Waals surface area contributed by atoms with Crippen LogP contribution in [0, 0.1) is 0 Å². The maximum atomic E-state index is 10.8. The van der Waals surface area contributed by atoms with Gasteiger partial charge in [-0.15, -0.1) is 0 Å². The van der Waals surface area contributed by atoms with E-state index in [1.54, 1.807) is 0 Å². The Morgan fingerprint density at radius 2 is 2.50 bits per heavy atom. The van der Waals surface area contributed by atoms with Gasteiger partial charge in [-0.2, -0.15) is 0 Å². The molecule has 1 heterocycles. The number of ether oxygens (including phenoxy) is 1. The first-order chi connectivity index (χ1) is 4.75. The van der Waals surface area contributed by atoms with Crippen LogP contribution in [0.4, 0.5) is 0 Å². The van der Waals surface area contributed by atoms with E-state index in [2.05, 4.69) is 10.1 Å². The van der Waals surface area contributed by atoms with Crippen molar-refractivity contribution in [2.45, 2.75) is 18.6 Å². The van der Waals surface area contributed by atoms with E-state index in [9.17, 15) is 4.79 Å². The molecule has 1 unspecified atom stereocenters. The van der Waals surface area contributed by atoms with Crippen LogP contribution < -0.4 is 5.32 Å². The van der Waals surface area contributed by atoms with E-state index in [1.807, 2.05) is 0 Å². The lowest BCUT2D eigenvalue weighted by molar-refractivity contribution is -0.144. The van der Waals surface area contributed by atoms with E-state index in [4.69, 9.17) is 5.11 Å². The topological polar surface area (TPSA) is 58.6 Å². The molecule has 1 rings (SSSR count). The molecule has 4 nitrogen and oxygen atoms in total. The van der Waals surface area contributed by atoms with Gasteiger partial charge in [-0.05, 0) is 13.0 Å². The Morgan fingerprint density at radius 1 is 1.80 bits per heavy atom. The smallest absolute Gasteiger partial charge is 0.325 e. The Balaban J connectivity index is 2.46. The fourth-order valence-electron chi connectivity index (χ4n) is 1.06. The highest BCUT2D eigenvalue weighted by atomic mass is 16.5. The molecular formula is C6H11NO3. The van der Waals surface area contributed by atoms with E-state index in [0.717, 1.165) is 0 Å². The Labute approximate surface area is 59.2 Å². The highest BCUT2D eigenvalue weighted by molar-refractivity contribution is 5.76. The highest BCUT2D eigenvalue weighted by Crippen LogP contribution is 2.07. The van der Waals surface area contributed by atoms with Gasteiger partial charge in [0.2, 0.25) is 0 Å². The highest BCUT2D eigenvalue weighted by Gasteiger charge is 2.31. The van der Waals surface area contributed by atoms with Crippen molar-refractivity contribution < 1.29 is 14.6 Å². The predicted molar refractivity (Wildman–Crippen MR) is 34.4 cm³/mol. The number of aliphatic hydroxyl groups is 1. The minimum absolute atomic E-state index is 0.384. The molecule has 0 bridgehead atoms. The molecule has 1 aliphatic rings. The summed E-state index contributed by atoms with van der Waals surface area (Å²) in [5.41, 5.74) is 0. The van der Waals surface area contributed by atoms with Crippen molar-refractivity contribution >= 4 is 5.97 Å². The average molecular weight is 145 g/mol. The second-order valence-electron chi connectivity index (χ2n) is 2.31. The van der Waals surface area contributed by atoms with Crippen LogP contribution in [0.15, 0.2) is 0 Å². The molecule has 1 saturated heterocycles. The average Bonchev–Trinajstić information content (AvgIpc) is 2.34. The van der Waals surface area contributed by atoms with Crippen LogP contribution in [0.1, 0.15) is 6.42 Å². The van der Waals surface area contributed by atoms with Crippen molar-refractivity contribution in [2.75, 3.05) is 13.7 Å². The van der Waals surface area contributed by atoms with E-state index < -0.39 is 12.1 Å². The number of carbonyl (C=O) groups excluding carboxylic acids is 1. The van der Waals surface area contributed by atoms with Crippen molar-refractivity contribution in [2.24, 2.45) is 0 Å². The number of hydrogen-bond donors (Lipinski definition) is 2. The molecule has 2 N–H and O–H groups in total. The number of nitrogens with one attached hydrogen (secondary N) is 1. The molecule has 1 fully saturated rings. The third-order valence-electron chi connectivity index (χ3n) is 1.64. The van der Waals surface area contributed by atoms with Gasteiger partial charge in [-0.25, -0.2) is 0 Å². The lowest BCUT2D eigenvalue weighted by atomic mass is 10.2. The summed E-state index contributed by atoms with van der Waals surface area (Å²) in [5, 5.41) is 12.0. The molecule has 58 valence electrons. The van der Waals surface area contributed by atoms with E-state index in [1.165, 1.54) is 7.11 Å². The number of carbonyl (C=O) groups is 1. The van der Waals surface area contributed by atoms with Gasteiger partial charge in [-0.3, -0.25) is 4.79 Å². The van der Waals surface area contributed by atoms with Gasteiger partial charge in [0.05, 0.1) is 13.2 Å².